The van der Waals surface area contributed by atoms with Crippen LogP contribution in [0.3, 0.4) is 0 Å². The molecule has 1 N–H and O–H groups in total. The lowest BCUT2D eigenvalue weighted by molar-refractivity contribution is -0.156. The predicted molar refractivity (Wildman–Crippen MR) is 121 cm³/mol. The van der Waals surface area contributed by atoms with Crippen LogP contribution in [-0.4, -0.2) is 23.3 Å². The first-order chi connectivity index (χ1) is 14.9. The van der Waals surface area contributed by atoms with Crippen molar-refractivity contribution in [3.05, 3.63) is 35.9 Å². The van der Waals surface area contributed by atoms with Gasteiger partial charge in [0.2, 0.25) is 0 Å². The van der Waals surface area contributed by atoms with Gasteiger partial charge in [-0.2, -0.15) is 0 Å². The molecule has 0 heterocycles. The lowest BCUT2D eigenvalue weighted by Crippen LogP contribution is -2.56. The molecule has 1 aromatic carbocycles. The number of fused-ring (bicyclic) bond motifs is 5. The molecule has 0 amide bonds. The van der Waals surface area contributed by atoms with Crippen LogP contribution in [-0.2, 0) is 9.53 Å². The highest BCUT2D eigenvalue weighted by atomic mass is 16.5. The Balaban J connectivity index is 1.38. The van der Waals surface area contributed by atoms with E-state index in [0.29, 0.717) is 29.6 Å². The Hall–Kier alpha value is -1.79. The van der Waals surface area contributed by atoms with Crippen LogP contribution in [0.25, 0.3) is 0 Å². The Morgan fingerprint density at radius 3 is 2.55 bits per heavy atom. The van der Waals surface area contributed by atoms with Crippen LogP contribution in [0.15, 0.2) is 30.3 Å². The molecule has 5 rings (SSSR count). The Morgan fingerprint density at radius 2 is 1.77 bits per heavy atom. The molecule has 3 nitrogen and oxygen atoms in total. The lowest BCUT2D eigenvalue weighted by atomic mass is 9.44. The van der Waals surface area contributed by atoms with Gasteiger partial charge >= 0.3 is 0 Å². The summed E-state index contributed by atoms with van der Waals surface area (Å²) in [5.74, 6) is 9.27. The van der Waals surface area contributed by atoms with Gasteiger partial charge in [-0.25, -0.2) is 0 Å². The second-order valence-corrected chi connectivity index (χ2v) is 11.3. The molecular weight excluding hydrogens is 384 g/mol. The van der Waals surface area contributed by atoms with Crippen LogP contribution in [0.5, 0.6) is 0 Å². The first-order valence-corrected chi connectivity index (χ1v) is 12.3. The zero-order valence-corrected chi connectivity index (χ0v) is 19.0. The molecular formula is C28H36O3. The van der Waals surface area contributed by atoms with Crippen molar-refractivity contribution < 1.29 is 14.6 Å². The largest absolute Gasteiger partial charge is 0.465 e. The summed E-state index contributed by atoms with van der Waals surface area (Å²) in [4.78, 5) is 10.8. The van der Waals surface area contributed by atoms with Gasteiger partial charge in [0.25, 0.3) is 6.47 Å². The Morgan fingerprint density at radius 1 is 1.00 bits per heavy atom. The van der Waals surface area contributed by atoms with Crippen LogP contribution in [0.2, 0.25) is 0 Å². The molecule has 0 unspecified atom stereocenters. The minimum Gasteiger partial charge on any atom is -0.465 e. The van der Waals surface area contributed by atoms with Gasteiger partial charge in [-0.15, -0.1) is 0 Å². The molecule has 0 aromatic heterocycles. The topological polar surface area (TPSA) is 46.5 Å². The molecule has 1 aromatic rings. The molecule has 4 saturated carbocycles. The van der Waals surface area contributed by atoms with E-state index in [4.69, 9.17) is 4.74 Å². The van der Waals surface area contributed by atoms with E-state index in [2.05, 4.69) is 25.7 Å². The highest BCUT2D eigenvalue weighted by Gasteiger charge is 2.64. The summed E-state index contributed by atoms with van der Waals surface area (Å²) < 4.78 is 5.36. The molecule has 31 heavy (non-hydrogen) atoms. The van der Waals surface area contributed by atoms with Gasteiger partial charge in [-0.1, -0.05) is 43.9 Å². The van der Waals surface area contributed by atoms with Crippen molar-refractivity contribution in [2.24, 2.45) is 34.5 Å². The Bertz CT molecular complexity index is 885. The predicted octanol–water partition coefficient (Wildman–Crippen LogP) is 5.35. The first kappa shape index (κ1) is 21.1. The second-order valence-electron chi connectivity index (χ2n) is 11.3. The summed E-state index contributed by atoms with van der Waals surface area (Å²) in [5.41, 5.74) is 0.338. The highest BCUT2D eigenvalue weighted by Crippen LogP contribution is 2.68. The molecule has 166 valence electrons. The van der Waals surface area contributed by atoms with Crippen LogP contribution < -0.4 is 0 Å². The third-order valence-corrected chi connectivity index (χ3v) is 10.2. The van der Waals surface area contributed by atoms with Crippen molar-refractivity contribution in [3.8, 4) is 11.8 Å². The van der Waals surface area contributed by atoms with Gasteiger partial charge in [0.15, 0.2) is 0 Å². The lowest BCUT2D eigenvalue weighted by Gasteiger charge is -2.61. The smallest absolute Gasteiger partial charge is 0.293 e. The third kappa shape index (κ3) is 3.25. The maximum Gasteiger partial charge on any atom is 0.293 e. The van der Waals surface area contributed by atoms with E-state index in [1.54, 1.807) is 0 Å². The summed E-state index contributed by atoms with van der Waals surface area (Å²) in [5, 5.41) is 11.8. The SMILES string of the molecule is C[C@]12CC[C@@H](OC=O)C[C@@H]1CC[C@H]1[C@H]2CC[C@]2(C)[C@@H]1CC[C@@]2(O)C#Cc1ccccc1. The fraction of sp³-hybridized carbons (Fsp3) is 0.679. The van der Waals surface area contributed by atoms with E-state index in [-0.39, 0.29) is 11.5 Å². The quantitative estimate of drug-likeness (QED) is 0.518. The van der Waals surface area contributed by atoms with Crippen LogP contribution in [0.4, 0.5) is 0 Å². The van der Waals surface area contributed by atoms with Gasteiger partial charge in [-0.3, -0.25) is 4.79 Å². The number of carbonyl (C=O) groups is 1. The Labute approximate surface area is 187 Å². The molecule has 4 fully saturated rings. The average Bonchev–Trinajstić information content (AvgIpc) is 3.05. The molecule has 4 aliphatic carbocycles. The van der Waals surface area contributed by atoms with E-state index in [0.717, 1.165) is 43.6 Å². The van der Waals surface area contributed by atoms with Crippen molar-refractivity contribution in [1.82, 2.24) is 0 Å². The van der Waals surface area contributed by atoms with Gasteiger partial charge in [0.1, 0.15) is 11.7 Å². The number of hydrogen-bond acceptors (Lipinski definition) is 3. The van der Waals surface area contributed by atoms with E-state index < -0.39 is 5.60 Å². The minimum atomic E-state index is -0.883. The number of rotatable bonds is 2. The van der Waals surface area contributed by atoms with Crippen molar-refractivity contribution in [2.45, 2.75) is 83.3 Å². The zero-order valence-electron chi connectivity index (χ0n) is 19.0. The van der Waals surface area contributed by atoms with Crippen molar-refractivity contribution in [1.29, 1.82) is 0 Å². The number of carbonyl (C=O) groups excluding carboxylic acids is 1. The molecule has 0 bridgehead atoms. The molecule has 8 atom stereocenters. The van der Waals surface area contributed by atoms with Crippen LogP contribution >= 0.6 is 0 Å². The molecule has 3 heteroatoms. The van der Waals surface area contributed by atoms with Crippen molar-refractivity contribution >= 4 is 6.47 Å². The molecule has 0 aliphatic heterocycles. The summed E-state index contributed by atoms with van der Waals surface area (Å²) in [6.07, 6.45) is 9.95. The maximum absolute atomic E-state index is 11.8. The van der Waals surface area contributed by atoms with E-state index >= 15 is 0 Å². The molecule has 0 spiro atoms. The number of benzene rings is 1. The summed E-state index contributed by atoms with van der Waals surface area (Å²) >= 11 is 0. The summed E-state index contributed by atoms with van der Waals surface area (Å²) in [6.45, 7) is 5.48. The highest BCUT2D eigenvalue weighted by molar-refractivity contribution is 5.38. The molecule has 4 aliphatic rings. The fourth-order valence-corrected chi connectivity index (χ4v) is 8.34. The van der Waals surface area contributed by atoms with Gasteiger partial charge < -0.3 is 9.84 Å². The van der Waals surface area contributed by atoms with Crippen molar-refractivity contribution in [3.63, 3.8) is 0 Å². The van der Waals surface area contributed by atoms with E-state index in [9.17, 15) is 9.90 Å². The average molecular weight is 421 g/mol. The van der Waals surface area contributed by atoms with Gasteiger partial charge in [-0.05, 0) is 99.0 Å². The molecule has 0 radical (unpaired) electrons. The summed E-state index contributed by atoms with van der Waals surface area (Å²) in [6, 6.07) is 10.1. The fourth-order valence-electron chi connectivity index (χ4n) is 8.34. The number of hydrogen-bond donors (Lipinski definition) is 1. The van der Waals surface area contributed by atoms with Crippen LogP contribution in [0, 0.1) is 46.3 Å². The third-order valence-electron chi connectivity index (χ3n) is 10.2. The first-order valence-electron chi connectivity index (χ1n) is 12.3. The second kappa shape index (κ2) is 7.66. The maximum atomic E-state index is 11.8. The number of aliphatic hydroxyl groups is 1. The van der Waals surface area contributed by atoms with Gasteiger partial charge in [0, 0.05) is 11.0 Å². The monoisotopic (exact) mass is 420 g/mol. The Kier molecular flexibility index (Phi) is 5.21. The van der Waals surface area contributed by atoms with E-state index in [1.807, 2.05) is 30.3 Å². The number of ether oxygens (including phenoxy) is 1. The van der Waals surface area contributed by atoms with Crippen LogP contribution in [0.1, 0.15) is 77.2 Å². The van der Waals surface area contributed by atoms with Gasteiger partial charge in [0.05, 0.1) is 0 Å². The minimum absolute atomic E-state index is 0.114. The van der Waals surface area contributed by atoms with E-state index in [1.165, 1.54) is 25.7 Å². The normalized spacial score (nSPS) is 46.0. The summed E-state index contributed by atoms with van der Waals surface area (Å²) in [7, 11) is 0. The van der Waals surface area contributed by atoms with Crippen molar-refractivity contribution in [2.75, 3.05) is 0 Å². The standard InChI is InChI=1S/C28H36O3/c1-26-14-11-22(31-19-29)18-21(26)8-9-23-24(26)12-15-27(2)25(23)13-17-28(27,30)16-10-20-6-4-3-5-7-20/h3-7,19,21-25,30H,8-9,11-15,17-18H2,1-2H3/t21-,22+,23-,24+,25+,26-,27+,28-/m0/s1. The molecule has 0 saturated heterocycles. The zero-order chi connectivity index (χ0) is 21.7.